The van der Waals surface area contributed by atoms with Crippen LogP contribution in [0.5, 0.6) is 0 Å². The molecule has 336 valence electrons. The fourth-order valence-corrected chi connectivity index (χ4v) is 18.7. The van der Waals surface area contributed by atoms with Crippen molar-refractivity contribution in [1.29, 1.82) is 0 Å². The maximum Gasteiger partial charge on any atom is 0.179 e. The van der Waals surface area contributed by atoms with Crippen LogP contribution in [0.1, 0.15) is 119 Å². The topological polar surface area (TPSA) is 205 Å². The third-order valence-corrected chi connectivity index (χ3v) is 22.1. The van der Waals surface area contributed by atoms with E-state index in [1.54, 1.807) is 41.5 Å². The largest absolute Gasteiger partial charge is 0.224 e. The fraction of sp³-hybridized carbons (Fsp3) is 0.571. The molecule has 0 saturated carbocycles. The predicted molar refractivity (Wildman–Crippen MR) is 241 cm³/mol. The van der Waals surface area contributed by atoms with Gasteiger partial charge in [0.05, 0.1) is 63.9 Å². The summed E-state index contributed by atoms with van der Waals surface area (Å²) in [6, 6.07) is 7.03. The summed E-state index contributed by atoms with van der Waals surface area (Å²) in [5.74, 6) is -2.38. The first-order chi connectivity index (χ1) is 28.0. The summed E-state index contributed by atoms with van der Waals surface area (Å²) in [5, 5.41) is 0.194. The minimum Gasteiger partial charge on any atom is -0.224 e. The van der Waals surface area contributed by atoms with E-state index in [1.165, 1.54) is 36.4 Å². The van der Waals surface area contributed by atoms with E-state index in [4.69, 9.17) is 0 Å². The molecule has 0 fully saturated rings. The summed E-state index contributed by atoms with van der Waals surface area (Å²) in [5.41, 5.74) is 0. The second-order valence-corrected chi connectivity index (χ2v) is 28.0. The van der Waals surface area contributed by atoms with Gasteiger partial charge in [0.25, 0.3) is 0 Å². The molecule has 0 unspecified atom stereocenters. The smallest absolute Gasteiger partial charge is 0.179 e. The Bertz CT molecular complexity index is 2370. The van der Waals surface area contributed by atoms with Crippen LogP contribution in [-0.2, 0) is 59.0 Å². The first-order valence-electron chi connectivity index (χ1n) is 20.9. The molecule has 4 aromatic carbocycles. The summed E-state index contributed by atoms with van der Waals surface area (Å²) in [6.45, 7) is 10.7. The second-order valence-electron chi connectivity index (χ2n) is 15.6. The number of hydrogen-bond acceptors (Lipinski definition) is 12. The van der Waals surface area contributed by atoms with Gasteiger partial charge in [-0.25, -0.2) is 50.5 Å². The van der Waals surface area contributed by atoms with E-state index in [0.717, 1.165) is 0 Å². The highest BCUT2D eigenvalue weighted by Gasteiger charge is 2.33. The molecule has 0 N–H and O–H groups in total. The zero-order valence-corrected chi connectivity index (χ0v) is 40.4. The molecule has 60 heavy (non-hydrogen) atoms. The summed E-state index contributed by atoms with van der Waals surface area (Å²) in [4.78, 5) is -3.06. The van der Waals surface area contributed by atoms with Gasteiger partial charge in [0, 0.05) is 0 Å². The monoisotopic (exact) mass is 948 g/mol. The van der Waals surface area contributed by atoms with Crippen LogP contribution in [0, 0.1) is 0 Å². The van der Waals surface area contributed by atoms with E-state index in [-0.39, 0.29) is 70.8 Å². The maximum absolute atomic E-state index is 14.1. The van der Waals surface area contributed by atoms with E-state index in [9.17, 15) is 50.5 Å². The average molecular weight is 949 g/mol. The minimum absolute atomic E-state index is 0.0324. The van der Waals surface area contributed by atoms with Crippen LogP contribution in [-0.4, -0.2) is 85.0 Å². The Labute approximate surface area is 358 Å². The first kappa shape index (κ1) is 50.0. The highest BCUT2D eigenvalue weighted by atomic mass is 32.2. The van der Waals surface area contributed by atoms with Gasteiger partial charge in [-0.15, -0.1) is 0 Å². The lowest BCUT2D eigenvalue weighted by atomic mass is 9.94. The van der Waals surface area contributed by atoms with Crippen molar-refractivity contribution in [3.63, 3.8) is 0 Å². The lowest BCUT2D eigenvalue weighted by Crippen LogP contribution is -2.17. The Morgan fingerprint density at radius 2 is 0.367 bits per heavy atom. The van der Waals surface area contributed by atoms with E-state index in [0.29, 0.717) is 38.5 Å². The molecule has 0 spiro atoms. The highest BCUT2D eigenvalue weighted by molar-refractivity contribution is 7.95. The van der Waals surface area contributed by atoms with Gasteiger partial charge in [0.2, 0.25) is 0 Å². The molecule has 0 atom stereocenters. The standard InChI is InChI=1S/C42H60O12S6/c1-7-13-19-55(43,44)37-25-31-32(26-38(37)56(45,46)20-14-8-2)34-28-40(58(49,50)22-16-10-4)42(60(53,54)24-18-12-6)30-36(34)35-29-41(59(51,52)23-17-11-5)39(27-33(31)35)57(47,48)21-15-9-3/h25-30H,7-24H2,1-6H3. The second kappa shape index (κ2) is 19.8. The Kier molecular flexibility index (Phi) is 16.5. The van der Waals surface area contributed by atoms with Gasteiger partial charge in [0.15, 0.2) is 59.0 Å². The molecule has 0 bridgehead atoms. The van der Waals surface area contributed by atoms with Gasteiger partial charge in [-0.1, -0.05) is 80.1 Å². The molecule has 0 aromatic heterocycles. The van der Waals surface area contributed by atoms with Crippen molar-refractivity contribution in [2.45, 2.75) is 148 Å². The third-order valence-electron chi connectivity index (χ3n) is 10.7. The van der Waals surface area contributed by atoms with Gasteiger partial charge < -0.3 is 0 Å². The van der Waals surface area contributed by atoms with Gasteiger partial charge >= 0.3 is 0 Å². The fourth-order valence-electron chi connectivity index (χ4n) is 7.14. The molecule has 18 heteroatoms. The van der Waals surface area contributed by atoms with Crippen LogP contribution in [0.25, 0.3) is 32.3 Å². The molecule has 0 heterocycles. The number of unbranched alkanes of at least 4 members (excludes halogenated alkanes) is 6. The molecule has 0 radical (unpaired) electrons. The summed E-state index contributed by atoms with van der Waals surface area (Å²) in [7, 11) is -25.9. The number of rotatable bonds is 24. The zero-order valence-electron chi connectivity index (χ0n) is 35.5. The van der Waals surface area contributed by atoms with E-state index in [2.05, 4.69) is 0 Å². The lowest BCUT2D eigenvalue weighted by Gasteiger charge is -2.20. The molecule has 0 saturated heterocycles. The Hall–Kier alpha value is -2.64. The molecule has 0 aliphatic heterocycles. The van der Waals surface area contributed by atoms with Crippen molar-refractivity contribution in [3.05, 3.63) is 36.4 Å². The van der Waals surface area contributed by atoms with Crippen molar-refractivity contribution < 1.29 is 50.5 Å². The van der Waals surface area contributed by atoms with Crippen LogP contribution >= 0.6 is 0 Å². The van der Waals surface area contributed by atoms with E-state index < -0.39 is 123 Å². The molecular formula is C42H60O12S6. The Morgan fingerprint density at radius 3 is 0.467 bits per heavy atom. The highest BCUT2D eigenvalue weighted by Crippen LogP contribution is 2.44. The summed E-state index contributed by atoms with van der Waals surface area (Å²) in [6.07, 6.45) is 4.12. The van der Waals surface area contributed by atoms with Gasteiger partial charge in [0.1, 0.15) is 0 Å². The summed E-state index contributed by atoms with van der Waals surface area (Å²) < 4.78 is 170. The summed E-state index contributed by atoms with van der Waals surface area (Å²) >= 11 is 0. The Balaban J connectivity index is 2.50. The normalized spacial score (nSPS) is 13.5. The van der Waals surface area contributed by atoms with Crippen LogP contribution in [0.4, 0.5) is 0 Å². The molecule has 4 aromatic rings. The average Bonchev–Trinajstić information content (AvgIpc) is 3.20. The van der Waals surface area contributed by atoms with Gasteiger partial charge in [-0.05, 0) is 107 Å². The van der Waals surface area contributed by atoms with Crippen molar-refractivity contribution in [1.82, 2.24) is 0 Å². The van der Waals surface area contributed by atoms with Crippen molar-refractivity contribution >= 4 is 91.3 Å². The van der Waals surface area contributed by atoms with Crippen molar-refractivity contribution in [2.24, 2.45) is 0 Å². The zero-order chi connectivity index (χ0) is 44.9. The van der Waals surface area contributed by atoms with Crippen molar-refractivity contribution in [3.8, 4) is 0 Å². The van der Waals surface area contributed by atoms with Gasteiger partial charge in [-0.2, -0.15) is 0 Å². The third kappa shape index (κ3) is 10.7. The van der Waals surface area contributed by atoms with E-state index in [1.807, 2.05) is 0 Å². The van der Waals surface area contributed by atoms with Crippen LogP contribution < -0.4 is 0 Å². The first-order valence-corrected chi connectivity index (χ1v) is 30.8. The van der Waals surface area contributed by atoms with Gasteiger partial charge in [-0.3, -0.25) is 0 Å². The molecule has 0 aliphatic carbocycles. The molecule has 0 amide bonds. The SMILES string of the molecule is CCCCS(=O)(=O)c1cc2c3cc(S(=O)(=O)CCCC)c(S(=O)(=O)CCCC)cc3c3cc(S(=O)(=O)CCCC)c(S(=O)(=O)CCCC)cc3c2cc1S(=O)(=O)CCCC. The number of benzene rings is 4. The van der Waals surface area contributed by atoms with E-state index >= 15 is 0 Å². The molecule has 4 rings (SSSR count). The lowest BCUT2D eigenvalue weighted by molar-refractivity contribution is 0.579. The van der Waals surface area contributed by atoms with Crippen LogP contribution in [0.3, 0.4) is 0 Å². The maximum atomic E-state index is 14.1. The molecule has 12 nitrogen and oxygen atoms in total. The van der Waals surface area contributed by atoms with Crippen LogP contribution in [0.2, 0.25) is 0 Å². The molecule has 0 aliphatic rings. The number of sulfone groups is 6. The predicted octanol–water partition coefficient (Wildman–Crippen LogP) is 8.59. The quantitative estimate of drug-likeness (QED) is 0.0606. The van der Waals surface area contributed by atoms with Crippen molar-refractivity contribution in [2.75, 3.05) is 34.5 Å². The number of hydrogen-bond donors (Lipinski definition) is 0. The number of fused-ring (bicyclic) bond motifs is 6. The minimum atomic E-state index is -4.31. The molecular weight excluding hydrogens is 889 g/mol. The Morgan fingerprint density at radius 1 is 0.250 bits per heavy atom. The van der Waals surface area contributed by atoms with Crippen LogP contribution in [0.15, 0.2) is 65.8 Å².